The minimum atomic E-state index is -0.950. The van der Waals surface area contributed by atoms with Gasteiger partial charge in [-0.1, -0.05) is 0 Å². The van der Waals surface area contributed by atoms with Gasteiger partial charge < -0.3 is 5.11 Å². The van der Waals surface area contributed by atoms with Crippen molar-refractivity contribution in [2.75, 3.05) is 0 Å². The smallest absolute Gasteiger partial charge is 0.309 e. The summed E-state index contributed by atoms with van der Waals surface area (Å²) in [5, 5.41) is 8.56. The van der Waals surface area contributed by atoms with E-state index < -0.39 is 5.97 Å². The van der Waals surface area contributed by atoms with Crippen LogP contribution in [0.4, 0.5) is 0 Å². The molecule has 1 heterocycles. The third kappa shape index (κ3) is 3.06. The van der Waals surface area contributed by atoms with E-state index in [1.165, 1.54) is 6.92 Å². The zero-order valence-corrected chi connectivity index (χ0v) is 9.61. The highest BCUT2D eigenvalue weighted by atomic mass is 127. The molecule has 0 atom stereocenters. The number of ketones is 1. The average Bonchev–Trinajstić information content (AvgIpc) is 2.01. The monoisotopic (exact) mass is 305 g/mol. The first kappa shape index (κ1) is 11.1. The van der Waals surface area contributed by atoms with Crippen molar-refractivity contribution >= 4 is 34.3 Å². The van der Waals surface area contributed by atoms with Gasteiger partial charge in [0.15, 0.2) is 5.78 Å². The van der Waals surface area contributed by atoms with Gasteiger partial charge in [0.2, 0.25) is 0 Å². The van der Waals surface area contributed by atoms with Crippen LogP contribution in [0.25, 0.3) is 0 Å². The highest BCUT2D eigenvalue weighted by Crippen LogP contribution is 2.10. The lowest BCUT2D eigenvalue weighted by Crippen LogP contribution is -2.06. The molecule has 0 unspecified atom stereocenters. The van der Waals surface area contributed by atoms with E-state index in [0.29, 0.717) is 11.4 Å². The van der Waals surface area contributed by atoms with Crippen molar-refractivity contribution in [2.45, 2.75) is 13.3 Å². The molecule has 14 heavy (non-hydrogen) atoms. The molecule has 1 N–H and O–H groups in total. The van der Waals surface area contributed by atoms with E-state index in [4.69, 9.17) is 5.11 Å². The van der Waals surface area contributed by atoms with Gasteiger partial charge in [0.1, 0.15) is 5.69 Å². The van der Waals surface area contributed by atoms with Gasteiger partial charge in [-0.15, -0.1) is 0 Å². The molecule has 0 saturated heterocycles. The normalized spacial score (nSPS) is 9.86. The number of aromatic nitrogens is 1. The van der Waals surface area contributed by atoms with Crippen LogP contribution in [0.2, 0.25) is 0 Å². The second kappa shape index (κ2) is 4.50. The topological polar surface area (TPSA) is 67.3 Å². The molecule has 0 aliphatic heterocycles. The standard InChI is InChI=1S/C9H8INO3/c1-5(12)8-3-6(10)2-7(11-8)4-9(13)14/h2-3H,4H2,1H3,(H,13,14). The van der Waals surface area contributed by atoms with Crippen LogP contribution in [0.1, 0.15) is 23.1 Å². The molecule has 0 bridgehead atoms. The number of carbonyl (C=O) groups excluding carboxylic acids is 1. The summed E-state index contributed by atoms with van der Waals surface area (Å²) in [5.41, 5.74) is 0.725. The third-order valence-corrected chi connectivity index (χ3v) is 2.16. The van der Waals surface area contributed by atoms with E-state index in [1.54, 1.807) is 12.1 Å². The fourth-order valence-corrected chi connectivity index (χ4v) is 1.63. The third-order valence-electron chi connectivity index (χ3n) is 1.54. The molecule has 4 nitrogen and oxygen atoms in total. The summed E-state index contributed by atoms with van der Waals surface area (Å²) in [6.45, 7) is 1.41. The second-order valence-electron chi connectivity index (χ2n) is 2.79. The molecule has 1 aromatic heterocycles. The number of hydrogen-bond donors (Lipinski definition) is 1. The summed E-state index contributed by atoms with van der Waals surface area (Å²) in [5.74, 6) is -1.11. The number of hydrogen-bond acceptors (Lipinski definition) is 3. The summed E-state index contributed by atoms with van der Waals surface area (Å²) in [6.07, 6.45) is -0.156. The molecular formula is C9H8INO3. The number of aliphatic carboxylic acids is 1. The molecule has 0 saturated carbocycles. The number of Topliss-reactive ketones (excluding diaryl/α,β-unsaturated/α-hetero) is 1. The van der Waals surface area contributed by atoms with E-state index in [2.05, 4.69) is 4.98 Å². The van der Waals surface area contributed by atoms with Gasteiger partial charge in [0, 0.05) is 10.5 Å². The molecule has 0 aromatic carbocycles. The van der Waals surface area contributed by atoms with Gasteiger partial charge in [-0.25, -0.2) is 4.98 Å². The van der Waals surface area contributed by atoms with E-state index in [1.807, 2.05) is 22.6 Å². The summed E-state index contributed by atoms with van der Waals surface area (Å²) < 4.78 is 0.819. The van der Waals surface area contributed by atoms with Crippen LogP contribution in [0, 0.1) is 3.57 Å². The lowest BCUT2D eigenvalue weighted by Gasteiger charge is -2.01. The molecule has 1 rings (SSSR count). The number of nitrogens with zero attached hydrogens (tertiary/aromatic N) is 1. The molecule has 0 fully saturated rings. The molecule has 0 radical (unpaired) electrons. The Morgan fingerprint density at radius 2 is 2.14 bits per heavy atom. The molecule has 1 aromatic rings. The number of halogens is 1. The van der Waals surface area contributed by atoms with E-state index >= 15 is 0 Å². The Morgan fingerprint density at radius 1 is 1.50 bits per heavy atom. The second-order valence-corrected chi connectivity index (χ2v) is 4.03. The predicted molar refractivity (Wildman–Crippen MR) is 58.3 cm³/mol. The van der Waals surface area contributed by atoms with Gasteiger partial charge in [0.25, 0.3) is 0 Å². The van der Waals surface area contributed by atoms with Crippen LogP contribution in [-0.4, -0.2) is 21.8 Å². The van der Waals surface area contributed by atoms with Crippen molar-refractivity contribution in [3.63, 3.8) is 0 Å². The first-order valence-corrected chi connectivity index (χ1v) is 4.96. The molecule has 0 aliphatic rings. The Kier molecular flexibility index (Phi) is 3.56. The molecule has 74 valence electrons. The maximum atomic E-state index is 11.0. The number of carboxylic acid groups (broad SMARTS) is 1. The maximum absolute atomic E-state index is 11.0. The largest absolute Gasteiger partial charge is 0.481 e. The minimum Gasteiger partial charge on any atom is -0.481 e. The molecule has 0 aliphatic carbocycles. The van der Waals surface area contributed by atoms with E-state index in [-0.39, 0.29) is 12.2 Å². The lowest BCUT2D eigenvalue weighted by molar-refractivity contribution is -0.136. The van der Waals surface area contributed by atoms with Crippen molar-refractivity contribution < 1.29 is 14.7 Å². The minimum absolute atomic E-state index is 0.156. The van der Waals surface area contributed by atoms with Crippen molar-refractivity contribution in [1.29, 1.82) is 0 Å². The van der Waals surface area contributed by atoms with Crippen LogP contribution in [0.15, 0.2) is 12.1 Å². The summed E-state index contributed by atoms with van der Waals surface area (Å²) in [6, 6.07) is 3.29. The summed E-state index contributed by atoms with van der Waals surface area (Å²) in [4.78, 5) is 25.4. The summed E-state index contributed by atoms with van der Waals surface area (Å²) in [7, 11) is 0. The Bertz CT molecular complexity index is 390. The highest BCUT2D eigenvalue weighted by Gasteiger charge is 2.07. The van der Waals surface area contributed by atoms with Crippen LogP contribution < -0.4 is 0 Å². The van der Waals surface area contributed by atoms with Gasteiger partial charge in [-0.3, -0.25) is 9.59 Å². The van der Waals surface area contributed by atoms with Crippen molar-refractivity contribution in [3.8, 4) is 0 Å². The Morgan fingerprint density at radius 3 is 2.64 bits per heavy atom. The van der Waals surface area contributed by atoms with Gasteiger partial charge in [0.05, 0.1) is 12.1 Å². The Labute approximate surface area is 94.5 Å². The molecule has 0 amide bonds. The molecule has 0 spiro atoms. The van der Waals surface area contributed by atoms with Crippen LogP contribution in [-0.2, 0) is 11.2 Å². The number of carbonyl (C=O) groups is 2. The average molecular weight is 305 g/mol. The fraction of sp³-hybridized carbons (Fsp3) is 0.222. The van der Waals surface area contributed by atoms with Gasteiger partial charge in [-0.05, 0) is 34.7 Å². The predicted octanol–water partition coefficient (Wildman–Crippen LogP) is 1.52. The fourth-order valence-electron chi connectivity index (χ4n) is 0.977. The molecular weight excluding hydrogens is 297 g/mol. The van der Waals surface area contributed by atoms with E-state index in [9.17, 15) is 9.59 Å². The first-order chi connectivity index (χ1) is 6.49. The summed E-state index contributed by atoms with van der Waals surface area (Å²) >= 11 is 2.03. The van der Waals surface area contributed by atoms with Crippen molar-refractivity contribution in [2.24, 2.45) is 0 Å². The van der Waals surface area contributed by atoms with Crippen LogP contribution in [0.5, 0.6) is 0 Å². The van der Waals surface area contributed by atoms with Gasteiger partial charge >= 0.3 is 5.97 Å². The first-order valence-electron chi connectivity index (χ1n) is 3.88. The Hall–Kier alpha value is -0.980. The van der Waals surface area contributed by atoms with Crippen LogP contribution >= 0.6 is 22.6 Å². The zero-order chi connectivity index (χ0) is 10.7. The zero-order valence-electron chi connectivity index (χ0n) is 7.45. The van der Waals surface area contributed by atoms with E-state index in [0.717, 1.165) is 3.57 Å². The lowest BCUT2D eigenvalue weighted by atomic mass is 10.2. The maximum Gasteiger partial charge on any atom is 0.309 e. The number of pyridine rings is 1. The van der Waals surface area contributed by atoms with Crippen molar-refractivity contribution in [3.05, 3.63) is 27.1 Å². The number of rotatable bonds is 3. The quantitative estimate of drug-likeness (QED) is 0.679. The van der Waals surface area contributed by atoms with Crippen molar-refractivity contribution in [1.82, 2.24) is 4.98 Å². The SMILES string of the molecule is CC(=O)c1cc(I)cc(CC(=O)O)n1. The molecule has 5 heteroatoms. The van der Waals surface area contributed by atoms with Crippen LogP contribution in [0.3, 0.4) is 0 Å². The number of carboxylic acids is 1. The highest BCUT2D eigenvalue weighted by molar-refractivity contribution is 14.1. The Balaban J connectivity index is 3.07. The van der Waals surface area contributed by atoms with Gasteiger partial charge in [-0.2, -0.15) is 0 Å².